The Bertz CT molecular complexity index is 470. The molecule has 0 bridgehead atoms. The lowest BCUT2D eigenvalue weighted by atomic mass is 10.2. The summed E-state index contributed by atoms with van der Waals surface area (Å²) in [5.41, 5.74) is -0.927. The van der Waals surface area contributed by atoms with Gasteiger partial charge in [-0.05, 0) is 13.3 Å². The Morgan fingerprint density at radius 2 is 2.13 bits per heavy atom. The van der Waals surface area contributed by atoms with Gasteiger partial charge in [-0.3, -0.25) is 14.2 Å². The smallest absolute Gasteiger partial charge is 0.313 e. The summed E-state index contributed by atoms with van der Waals surface area (Å²) in [6, 6.07) is 0. The summed E-state index contributed by atoms with van der Waals surface area (Å²) in [6.45, 7) is 3.62. The third-order valence-electron chi connectivity index (χ3n) is 2.18. The maximum Gasteiger partial charge on any atom is 0.328 e. The van der Waals surface area contributed by atoms with Crippen LogP contribution in [0.3, 0.4) is 0 Å². The lowest BCUT2D eigenvalue weighted by Crippen LogP contribution is -2.37. The van der Waals surface area contributed by atoms with Crippen LogP contribution in [0.25, 0.3) is 0 Å². The number of aromatic nitrogens is 2. The van der Waals surface area contributed by atoms with Crippen LogP contribution in [0.1, 0.15) is 37.0 Å². The third kappa shape index (κ3) is 2.43. The molecule has 1 aromatic rings. The molecule has 15 heavy (non-hydrogen) atoms. The monoisotopic (exact) mass is 210 g/mol. The third-order valence-corrected chi connectivity index (χ3v) is 2.18. The number of nitrogens with zero attached hydrogens (tertiary/aromatic N) is 1. The molecule has 1 N–H and O–H groups in total. The number of hydrogen-bond donors (Lipinski definition) is 1. The van der Waals surface area contributed by atoms with Crippen LogP contribution in [0.2, 0.25) is 0 Å². The van der Waals surface area contributed by atoms with E-state index in [1.54, 1.807) is 0 Å². The number of H-pyrrole nitrogens is 1. The summed E-state index contributed by atoms with van der Waals surface area (Å²) < 4.78 is 1.07. The van der Waals surface area contributed by atoms with Gasteiger partial charge < -0.3 is 4.98 Å². The average molecular weight is 210 g/mol. The van der Waals surface area contributed by atoms with Gasteiger partial charge in [0, 0.05) is 12.7 Å². The Labute approximate surface area is 86.8 Å². The van der Waals surface area contributed by atoms with E-state index >= 15 is 0 Å². The van der Waals surface area contributed by atoms with Crippen molar-refractivity contribution in [2.45, 2.75) is 33.2 Å². The first-order valence-corrected chi connectivity index (χ1v) is 4.91. The maximum atomic E-state index is 11.7. The second kappa shape index (κ2) is 4.72. The number of unbranched alkanes of at least 4 members (excludes halogenated alkanes) is 1. The molecule has 0 aliphatic rings. The molecule has 0 aliphatic heterocycles. The summed E-state index contributed by atoms with van der Waals surface area (Å²) >= 11 is 0. The Balaban J connectivity index is 3.25. The van der Waals surface area contributed by atoms with Gasteiger partial charge in [0.05, 0.1) is 5.56 Å². The van der Waals surface area contributed by atoms with Crippen molar-refractivity contribution in [2.24, 2.45) is 0 Å². The fourth-order valence-corrected chi connectivity index (χ4v) is 1.28. The fraction of sp³-hybridized carbons (Fsp3) is 0.500. The van der Waals surface area contributed by atoms with Gasteiger partial charge in [0.15, 0.2) is 5.78 Å². The van der Waals surface area contributed by atoms with Crippen molar-refractivity contribution >= 4 is 5.78 Å². The minimum atomic E-state index is -0.500. The van der Waals surface area contributed by atoms with Gasteiger partial charge in [-0.15, -0.1) is 0 Å². The summed E-state index contributed by atoms with van der Waals surface area (Å²) in [5.74, 6) is -0.332. The zero-order chi connectivity index (χ0) is 11.4. The van der Waals surface area contributed by atoms with Crippen molar-refractivity contribution in [2.75, 3.05) is 0 Å². The van der Waals surface area contributed by atoms with Crippen LogP contribution in [-0.4, -0.2) is 15.3 Å². The van der Waals surface area contributed by atoms with Crippen molar-refractivity contribution in [3.05, 3.63) is 32.6 Å². The standard InChI is InChI=1S/C10H14N2O3/c1-3-4-5-12-9(14)8(7(2)13)6-11-10(12)15/h6H,3-5H2,1-2H3,(H,11,15). The number of ketones is 1. The van der Waals surface area contributed by atoms with Crippen LogP contribution >= 0.6 is 0 Å². The lowest BCUT2D eigenvalue weighted by molar-refractivity contribution is 0.101. The normalized spacial score (nSPS) is 10.3. The van der Waals surface area contributed by atoms with Crippen molar-refractivity contribution in [3.8, 4) is 0 Å². The number of carbonyl (C=O) groups is 1. The van der Waals surface area contributed by atoms with Crippen LogP contribution in [-0.2, 0) is 6.54 Å². The molecule has 0 aliphatic carbocycles. The van der Waals surface area contributed by atoms with Crippen LogP contribution in [0, 0.1) is 0 Å². The van der Waals surface area contributed by atoms with Gasteiger partial charge in [0.1, 0.15) is 0 Å². The van der Waals surface area contributed by atoms with Gasteiger partial charge >= 0.3 is 5.69 Å². The molecule has 5 nitrogen and oxygen atoms in total. The number of hydrogen-bond acceptors (Lipinski definition) is 3. The summed E-state index contributed by atoms with van der Waals surface area (Å²) in [4.78, 5) is 36.4. The molecule has 0 spiro atoms. The van der Waals surface area contributed by atoms with Crippen LogP contribution in [0.15, 0.2) is 15.8 Å². The zero-order valence-corrected chi connectivity index (χ0v) is 8.87. The number of Topliss-reactive ketones (excluding diaryl/α,β-unsaturated/α-hetero) is 1. The summed E-state index contributed by atoms with van der Waals surface area (Å²) in [6.07, 6.45) is 2.80. The van der Waals surface area contributed by atoms with Crippen molar-refractivity contribution in [1.29, 1.82) is 0 Å². The average Bonchev–Trinajstić information content (AvgIpc) is 2.17. The van der Waals surface area contributed by atoms with E-state index in [4.69, 9.17) is 0 Å². The molecule has 0 saturated heterocycles. The fourth-order valence-electron chi connectivity index (χ4n) is 1.28. The molecule has 5 heteroatoms. The highest BCUT2D eigenvalue weighted by Crippen LogP contribution is 1.91. The molecule has 0 fully saturated rings. The lowest BCUT2D eigenvalue weighted by Gasteiger charge is -2.03. The summed E-state index contributed by atoms with van der Waals surface area (Å²) in [5, 5.41) is 0. The van der Waals surface area contributed by atoms with E-state index in [1.807, 2.05) is 6.92 Å². The SMILES string of the molecule is CCCCn1c(=O)[nH]cc(C(C)=O)c1=O. The molecular weight excluding hydrogens is 196 g/mol. The van der Waals surface area contributed by atoms with E-state index in [9.17, 15) is 14.4 Å². The first-order valence-electron chi connectivity index (χ1n) is 4.91. The van der Waals surface area contributed by atoms with Crippen LogP contribution in [0.4, 0.5) is 0 Å². The highest BCUT2D eigenvalue weighted by molar-refractivity contribution is 5.93. The number of aromatic amines is 1. The Kier molecular flexibility index (Phi) is 3.60. The first-order chi connectivity index (χ1) is 7.07. The van der Waals surface area contributed by atoms with Crippen LogP contribution in [0.5, 0.6) is 0 Å². The molecular formula is C10H14N2O3. The van der Waals surface area contributed by atoms with E-state index in [2.05, 4.69) is 4.98 Å². The highest BCUT2D eigenvalue weighted by atomic mass is 16.2. The number of rotatable bonds is 4. The van der Waals surface area contributed by atoms with E-state index in [0.29, 0.717) is 6.54 Å². The minimum Gasteiger partial charge on any atom is -0.313 e. The van der Waals surface area contributed by atoms with E-state index < -0.39 is 11.2 Å². The van der Waals surface area contributed by atoms with Crippen molar-refractivity contribution in [1.82, 2.24) is 9.55 Å². The van der Waals surface area contributed by atoms with Crippen molar-refractivity contribution in [3.63, 3.8) is 0 Å². The molecule has 0 atom stereocenters. The molecule has 0 amide bonds. The summed E-state index contributed by atoms with van der Waals surface area (Å²) in [7, 11) is 0. The zero-order valence-electron chi connectivity index (χ0n) is 8.87. The molecule has 1 aromatic heterocycles. The van der Waals surface area contributed by atoms with Gasteiger partial charge in [-0.1, -0.05) is 13.3 Å². The minimum absolute atomic E-state index is 0.0331. The van der Waals surface area contributed by atoms with Gasteiger partial charge in [0.25, 0.3) is 5.56 Å². The topological polar surface area (TPSA) is 71.9 Å². The predicted octanol–water partition coefficient (Wildman–Crippen LogP) is 0.539. The van der Waals surface area contributed by atoms with E-state index in [1.165, 1.54) is 13.1 Å². The Hall–Kier alpha value is -1.65. The molecule has 82 valence electrons. The van der Waals surface area contributed by atoms with Crippen molar-refractivity contribution < 1.29 is 4.79 Å². The molecule has 0 unspecified atom stereocenters. The Morgan fingerprint density at radius 1 is 1.47 bits per heavy atom. The molecule has 0 radical (unpaired) electrons. The molecule has 1 rings (SSSR count). The number of nitrogens with one attached hydrogen (secondary N) is 1. The van der Waals surface area contributed by atoms with Gasteiger partial charge in [-0.25, -0.2) is 4.79 Å². The van der Waals surface area contributed by atoms with Gasteiger partial charge in [-0.2, -0.15) is 0 Å². The predicted molar refractivity (Wildman–Crippen MR) is 56.2 cm³/mol. The largest absolute Gasteiger partial charge is 0.328 e. The number of carbonyl (C=O) groups excluding carboxylic acids is 1. The Morgan fingerprint density at radius 3 is 2.67 bits per heavy atom. The second-order valence-electron chi connectivity index (χ2n) is 3.37. The molecule has 1 heterocycles. The first kappa shape index (κ1) is 11.4. The van der Waals surface area contributed by atoms with Crippen LogP contribution < -0.4 is 11.2 Å². The molecule has 0 aromatic carbocycles. The van der Waals surface area contributed by atoms with E-state index in [-0.39, 0.29) is 11.3 Å². The molecule has 0 saturated carbocycles. The quantitative estimate of drug-likeness (QED) is 0.737. The highest BCUT2D eigenvalue weighted by Gasteiger charge is 2.09. The maximum absolute atomic E-state index is 11.7. The van der Waals surface area contributed by atoms with Gasteiger partial charge in [0.2, 0.25) is 0 Å². The van der Waals surface area contributed by atoms with E-state index in [0.717, 1.165) is 17.4 Å². The second-order valence-corrected chi connectivity index (χ2v) is 3.37.